The highest BCUT2D eigenvalue weighted by atomic mass is 19.2. The van der Waals surface area contributed by atoms with Crippen molar-refractivity contribution in [3.63, 3.8) is 0 Å². The first-order valence-corrected chi connectivity index (χ1v) is 7.16. The molecule has 1 saturated heterocycles. The fraction of sp³-hybridized carbons (Fsp3) is 0.533. The Labute approximate surface area is 128 Å². The summed E-state index contributed by atoms with van der Waals surface area (Å²) < 4.78 is 36.7. The number of carbonyl (C=O) groups excluding carboxylic acids is 1. The van der Waals surface area contributed by atoms with E-state index in [4.69, 9.17) is 9.47 Å². The molecule has 1 aliphatic rings. The van der Waals surface area contributed by atoms with E-state index in [2.05, 4.69) is 5.32 Å². The van der Waals surface area contributed by atoms with Gasteiger partial charge < -0.3 is 19.7 Å². The summed E-state index contributed by atoms with van der Waals surface area (Å²) in [5.41, 5.74) is 0.531. The van der Waals surface area contributed by atoms with Crippen molar-refractivity contribution in [2.45, 2.75) is 6.10 Å². The Kier molecular flexibility index (Phi) is 6.23. The van der Waals surface area contributed by atoms with Crippen molar-refractivity contribution in [2.75, 3.05) is 46.5 Å². The third-order valence-corrected chi connectivity index (χ3v) is 3.49. The molecular formula is C15H20F2N2O3. The fourth-order valence-corrected chi connectivity index (χ4v) is 2.27. The van der Waals surface area contributed by atoms with Gasteiger partial charge in [0.1, 0.15) is 6.10 Å². The number of hydrogen-bond donors (Lipinski definition) is 1. The van der Waals surface area contributed by atoms with Crippen LogP contribution in [-0.4, -0.2) is 57.3 Å². The number of amides is 1. The highest BCUT2D eigenvalue weighted by Crippen LogP contribution is 2.23. The number of carbonyl (C=O) groups is 1. The lowest BCUT2D eigenvalue weighted by Gasteiger charge is -2.33. The van der Waals surface area contributed by atoms with Crippen LogP contribution >= 0.6 is 0 Å². The van der Waals surface area contributed by atoms with Crippen LogP contribution in [0.4, 0.5) is 8.78 Å². The van der Waals surface area contributed by atoms with Gasteiger partial charge in [0.15, 0.2) is 11.6 Å². The second-order valence-electron chi connectivity index (χ2n) is 5.04. The van der Waals surface area contributed by atoms with E-state index in [1.54, 1.807) is 12.0 Å². The number of nitrogens with zero attached hydrogens (tertiary/aromatic N) is 1. The van der Waals surface area contributed by atoms with Crippen LogP contribution in [-0.2, 0) is 14.3 Å². The number of nitrogens with one attached hydrogen (secondary N) is 1. The lowest BCUT2D eigenvalue weighted by Crippen LogP contribution is -2.46. The molecule has 1 heterocycles. The summed E-state index contributed by atoms with van der Waals surface area (Å²) in [6.07, 6.45) is -0.438. The van der Waals surface area contributed by atoms with Gasteiger partial charge in [-0.25, -0.2) is 8.78 Å². The molecule has 122 valence electrons. The first kappa shape index (κ1) is 16.8. The minimum absolute atomic E-state index is 0.0491. The van der Waals surface area contributed by atoms with Crippen LogP contribution in [0.1, 0.15) is 11.7 Å². The second kappa shape index (κ2) is 8.17. The zero-order valence-electron chi connectivity index (χ0n) is 12.5. The van der Waals surface area contributed by atoms with E-state index in [0.717, 1.165) is 12.1 Å². The maximum atomic E-state index is 13.3. The van der Waals surface area contributed by atoms with Crippen LogP contribution < -0.4 is 5.32 Å². The highest BCUT2D eigenvalue weighted by Gasteiger charge is 2.25. The largest absolute Gasteiger partial charge is 0.383 e. The van der Waals surface area contributed by atoms with Gasteiger partial charge in [-0.15, -0.1) is 0 Å². The standard InChI is InChI=1S/C15H20F2N2O3/c1-21-6-4-18-9-15(20)19-5-7-22-14(10-19)11-2-3-12(16)13(17)8-11/h2-3,8,14,18H,4-7,9-10H2,1H3. The van der Waals surface area contributed by atoms with E-state index in [1.165, 1.54) is 6.07 Å². The summed E-state index contributed by atoms with van der Waals surface area (Å²) in [4.78, 5) is 13.8. The Balaban J connectivity index is 1.90. The van der Waals surface area contributed by atoms with Crippen molar-refractivity contribution in [2.24, 2.45) is 0 Å². The van der Waals surface area contributed by atoms with E-state index < -0.39 is 17.7 Å². The molecule has 1 amide bonds. The maximum Gasteiger partial charge on any atom is 0.236 e. The maximum absolute atomic E-state index is 13.3. The van der Waals surface area contributed by atoms with Gasteiger partial charge in [0.25, 0.3) is 0 Å². The van der Waals surface area contributed by atoms with Crippen LogP contribution in [0.5, 0.6) is 0 Å². The highest BCUT2D eigenvalue weighted by molar-refractivity contribution is 5.78. The van der Waals surface area contributed by atoms with Crippen molar-refractivity contribution in [1.82, 2.24) is 10.2 Å². The summed E-state index contributed by atoms with van der Waals surface area (Å²) >= 11 is 0. The molecule has 1 aromatic carbocycles. The predicted octanol–water partition coefficient (Wildman–Crippen LogP) is 1.10. The van der Waals surface area contributed by atoms with E-state index in [9.17, 15) is 13.6 Å². The molecule has 1 aliphatic heterocycles. The molecule has 0 spiro atoms. The molecule has 1 unspecified atom stereocenters. The number of halogens is 2. The number of hydrogen-bond acceptors (Lipinski definition) is 4. The molecule has 1 aromatic rings. The Bertz CT molecular complexity index is 514. The monoisotopic (exact) mass is 314 g/mol. The topological polar surface area (TPSA) is 50.8 Å². The molecule has 0 saturated carbocycles. The smallest absolute Gasteiger partial charge is 0.236 e. The van der Waals surface area contributed by atoms with Crippen molar-refractivity contribution < 1.29 is 23.0 Å². The van der Waals surface area contributed by atoms with Crippen molar-refractivity contribution in [3.05, 3.63) is 35.4 Å². The van der Waals surface area contributed by atoms with Gasteiger partial charge in [-0.3, -0.25) is 4.79 Å². The second-order valence-corrected chi connectivity index (χ2v) is 5.04. The predicted molar refractivity (Wildman–Crippen MR) is 76.4 cm³/mol. The van der Waals surface area contributed by atoms with Crippen LogP contribution in [0.3, 0.4) is 0 Å². The van der Waals surface area contributed by atoms with Gasteiger partial charge in [0, 0.05) is 20.2 Å². The van der Waals surface area contributed by atoms with Crippen LogP contribution in [0.25, 0.3) is 0 Å². The zero-order valence-corrected chi connectivity index (χ0v) is 12.5. The molecule has 1 N–H and O–H groups in total. The Hall–Kier alpha value is -1.57. The molecule has 0 aromatic heterocycles. The Morgan fingerprint density at radius 2 is 2.27 bits per heavy atom. The fourth-order valence-electron chi connectivity index (χ4n) is 2.27. The third-order valence-electron chi connectivity index (χ3n) is 3.49. The van der Waals surface area contributed by atoms with Crippen molar-refractivity contribution in [1.29, 1.82) is 0 Å². The third kappa shape index (κ3) is 4.46. The summed E-state index contributed by atoms with van der Waals surface area (Å²) in [5, 5.41) is 2.99. The first-order chi connectivity index (χ1) is 10.6. The van der Waals surface area contributed by atoms with E-state index in [0.29, 0.717) is 38.4 Å². The molecular weight excluding hydrogens is 294 g/mol. The molecule has 0 bridgehead atoms. The number of benzene rings is 1. The zero-order chi connectivity index (χ0) is 15.9. The average Bonchev–Trinajstić information content (AvgIpc) is 2.54. The molecule has 0 aliphatic carbocycles. The van der Waals surface area contributed by atoms with Crippen LogP contribution in [0, 0.1) is 11.6 Å². The summed E-state index contributed by atoms with van der Waals surface area (Å²) in [5.74, 6) is -1.85. The number of ether oxygens (including phenoxy) is 2. The van der Waals surface area contributed by atoms with Crippen molar-refractivity contribution in [3.8, 4) is 0 Å². The molecule has 1 fully saturated rings. The quantitative estimate of drug-likeness (QED) is 0.799. The molecule has 7 heteroatoms. The number of rotatable bonds is 6. The van der Waals surface area contributed by atoms with E-state index >= 15 is 0 Å². The lowest BCUT2D eigenvalue weighted by molar-refractivity contribution is -0.138. The Morgan fingerprint density at radius 1 is 1.45 bits per heavy atom. The first-order valence-electron chi connectivity index (χ1n) is 7.16. The minimum atomic E-state index is -0.911. The van der Waals surface area contributed by atoms with Gasteiger partial charge in [0.05, 0.1) is 26.3 Å². The number of methoxy groups -OCH3 is 1. The summed E-state index contributed by atoms with van der Waals surface area (Å²) in [7, 11) is 1.60. The molecule has 2 rings (SSSR count). The molecule has 0 radical (unpaired) electrons. The summed E-state index contributed by atoms with van der Waals surface area (Å²) in [6.45, 7) is 2.54. The van der Waals surface area contributed by atoms with Crippen LogP contribution in [0.2, 0.25) is 0 Å². The summed E-state index contributed by atoms with van der Waals surface area (Å²) in [6, 6.07) is 3.67. The minimum Gasteiger partial charge on any atom is -0.383 e. The van der Waals surface area contributed by atoms with Gasteiger partial charge in [0.2, 0.25) is 5.91 Å². The molecule has 1 atom stereocenters. The number of morpholine rings is 1. The van der Waals surface area contributed by atoms with Gasteiger partial charge in [-0.05, 0) is 17.7 Å². The van der Waals surface area contributed by atoms with Gasteiger partial charge in [-0.2, -0.15) is 0 Å². The molecule has 5 nitrogen and oxygen atoms in total. The van der Waals surface area contributed by atoms with Gasteiger partial charge >= 0.3 is 0 Å². The SMILES string of the molecule is COCCNCC(=O)N1CCOC(c2ccc(F)c(F)c2)C1. The van der Waals surface area contributed by atoms with E-state index in [-0.39, 0.29) is 12.5 Å². The Morgan fingerprint density at radius 3 is 3.00 bits per heavy atom. The van der Waals surface area contributed by atoms with Crippen LogP contribution in [0.15, 0.2) is 18.2 Å². The molecule has 22 heavy (non-hydrogen) atoms. The lowest BCUT2D eigenvalue weighted by atomic mass is 10.1. The average molecular weight is 314 g/mol. The van der Waals surface area contributed by atoms with Gasteiger partial charge in [-0.1, -0.05) is 6.07 Å². The normalized spacial score (nSPS) is 18.5. The van der Waals surface area contributed by atoms with Crippen molar-refractivity contribution >= 4 is 5.91 Å². The van der Waals surface area contributed by atoms with E-state index in [1.807, 2.05) is 0 Å².